The summed E-state index contributed by atoms with van der Waals surface area (Å²) in [7, 11) is 0. The lowest BCUT2D eigenvalue weighted by atomic mass is 10.1. The monoisotopic (exact) mass is 224 g/mol. The van der Waals surface area contributed by atoms with E-state index in [2.05, 4.69) is 48.7 Å². The zero-order valence-corrected chi connectivity index (χ0v) is 10.2. The van der Waals surface area contributed by atoms with Gasteiger partial charge in [-0.2, -0.15) is 0 Å². The molecule has 0 radical (unpaired) electrons. The molecule has 2 nitrogen and oxygen atoms in total. The van der Waals surface area contributed by atoms with Crippen LogP contribution in [0.25, 0.3) is 21.8 Å². The van der Waals surface area contributed by atoms with Gasteiger partial charge in [-0.25, -0.2) is 0 Å². The standard InChI is InChI=1S/C15H16N2/c1-3-17-14-6-4-10(2)8-12(14)13-9-11(16)5-7-15(13)17/h4-9H,3,16H2,1-2H3. The zero-order valence-electron chi connectivity index (χ0n) is 10.2. The molecule has 17 heavy (non-hydrogen) atoms. The quantitative estimate of drug-likeness (QED) is 0.628. The van der Waals surface area contributed by atoms with Gasteiger partial charge >= 0.3 is 0 Å². The molecule has 3 rings (SSSR count). The largest absolute Gasteiger partial charge is 0.399 e. The first-order chi connectivity index (χ1) is 8.20. The van der Waals surface area contributed by atoms with Gasteiger partial charge in [-0.05, 0) is 44.2 Å². The smallest absolute Gasteiger partial charge is 0.0492 e. The van der Waals surface area contributed by atoms with Gasteiger partial charge in [-0.3, -0.25) is 0 Å². The summed E-state index contributed by atoms with van der Waals surface area (Å²) in [6.45, 7) is 5.28. The summed E-state index contributed by atoms with van der Waals surface area (Å²) in [5.74, 6) is 0. The van der Waals surface area contributed by atoms with Crippen LogP contribution in [0.3, 0.4) is 0 Å². The van der Waals surface area contributed by atoms with Gasteiger partial charge in [0.25, 0.3) is 0 Å². The number of aryl methyl sites for hydroxylation is 2. The Morgan fingerprint density at radius 1 is 1.00 bits per heavy atom. The maximum Gasteiger partial charge on any atom is 0.0492 e. The number of nitrogen functional groups attached to an aromatic ring is 1. The van der Waals surface area contributed by atoms with Crippen molar-refractivity contribution in [2.24, 2.45) is 0 Å². The lowest BCUT2D eigenvalue weighted by Crippen LogP contribution is -1.93. The summed E-state index contributed by atoms with van der Waals surface area (Å²) < 4.78 is 2.34. The molecule has 2 heteroatoms. The van der Waals surface area contributed by atoms with Crippen LogP contribution in [-0.2, 0) is 6.54 Å². The molecule has 0 aliphatic rings. The van der Waals surface area contributed by atoms with Crippen LogP contribution < -0.4 is 5.73 Å². The molecule has 86 valence electrons. The Hall–Kier alpha value is -1.96. The molecule has 0 atom stereocenters. The van der Waals surface area contributed by atoms with E-state index in [1.165, 1.54) is 27.4 Å². The molecule has 3 aromatic rings. The van der Waals surface area contributed by atoms with Crippen molar-refractivity contribution in [3.63, 3.8) is 0 Å². The molecular weight excluding hydrogens is 208 g/mol. The van der Waals surface area contributed by atoms with Crippen LogP contribution in [0.1, 0.15) is 12.5 Å². The minimum atomic E-state index is 0.828. The number of fused-ring (bicyclic) bond motifs is 3. The number of benzene rings is 2. The van der Waals surface area contributed by atoms with Crippen molar-refractivity contribution in [1.82, 2.24) is 4.57 Å². The summed E-state index contributed by atoms with van der Waals surface area (Å²) in [6.07, 6.45) is 0. The Kier molecular flexibility index (Phi) is 2.11. The second-order valence-electron chi connectivity index (χ2n) is 4.54. The molecular formula is C15H16N2. The van der Waals surface area contributed by atoms with E-state index < -0.39 is 0 Å². The fraction of sp³-hybridized carbons (Fsp3) is 0.200. The summed E-state index contributed by atoms with van der Waals surface area (Å²) in [6, 6.07) is 12.8. The van der Waals surface area contributed by atoms with E-state index in [1.54, 1.807) is 0 Å². The maximum absolute atomic E-state index is 5.89. The van der Waals surface area contributed by atoms with Gasteiger partial charge in [0.1, 0.15) is 0 Å². The predicted octanol–water partition coefficient (Wildman–Crippen LogP) is 3.71. The maximum atomic E-state index is 5.89. The molecule has 0 spiro atoms. The highest BCUT2D eigenvalue weighted by atomic mass is 15.0. The van der Waals surface area contributed by atoms with Crippen molar-refractivity contribution < 1.29 is 0 Å². The van der Waals surface area contributed by atoms with Gasteiger partial charge < -0.3 is 10.3 Å². The average Bonchev–Trinajstić information content (AvgIpc) is 2.62. The highest BCUT2D eigenvalue weighted by molar-refractivity contribution is 6.09. The number of anilines is 1. The van der Waals surface area contributed by atoms with Crippen molar-refractivity contribution >= 4 is 27.5 Å². The Morgan fingerprint density at radius 2 is 1.65 bits per heavy atom. The lowest BCUT2D eigenvalue weighted by Gasteiger charge is -2.02. The highest BCUT2D eigenvalue weighted by Crippen LogP contribution is 2.30. The Morgan fingerprint density at radius 3 is 2.35 bits per heavy atom. The van der Waals surface area contributed by atoms with Crippen LogP contribution in [0.15, 0.2) is 36.4 Å². The first kappa shape index (κ1) is 10.2. The molecule has 0 saturated heterocycles. The van der Waals surface area contributed by atoms with Crippen molar-refractivity contribution in [1.29, 1.82) is 0 Å². The van der Waals surface area contributed by atoms with E-state index in [0.29, 0.717) is 0 Å². The van der Waals surface area contributed by atoms with Gasteiger partial charge in [0.2, 0.25) is 0 Å². The van der Waals surface area contributed by atoms with Gasteiger partial charge in [0.15, 0.2) is 0 Å². The number of rotatable bonds is 1. The molecule has 1 heterocycles. The van der Waals surface area contributed by atoms with Gasteiger partial charge in [0, 0.05) is 34.0 Å². The van der Waals surface area contributed by atoms with Crippen LogP contribution >= 0.6 is 0 Å². The van der Waals surface area contributed by atoms with Crippen LogP contribution in [0.4, 0.5) is 5.69 Å². The summed E-state index contributed by atoms with van der Waals surface area (Å²) >= 11 is 0. The Bertz CT molecular complexity index is 648. The second kappa shape index (κ2) is 3.52. The molecule has 0 unspecified atom stereocenters. The van der Waals surface area contributed by atoms with Crippen molar-refractivity contribution in [2.75, 3.05) is 5.73 Å². The minimum Gasteiger partial charge on any atom is -0.399 e. The molecule has 0 fully saturated rings. The highest BCUT2D eigenvalue weighted by Gasteiger charge is 2.09. The van der Waals surface area contributed by atoms with Gasteiger partial charge in [-0.15, -0.1) is 0 Å². The molecule has 0 amide bonds. The van der Waals surface area contributed by atoms with E-state index in [0.717, 1.165) is 12.2 Å². The first-order valence-electron chi connectivity index (χ1n) is 5.99. The predicted molar refractivity (Wildman–Crippen MR) is 74.3 cm³/mol. The second-order valence-corrected chi connectivity index (χ2v) is 4.54. The molecule has 0 saturated carbocycles. The van der Waals surface area contributed by atoms with Crippen molar-refractivity contribution in [3.05, 3.63) is 42.0 Å². The Labute approximate surface area is 101 Å². The van der Waals surface area contributed by atoms with Crippen molar-refractivity contribution in [3.8, 4) is 0 Å². The van der Waals surface area contributed by atoms with E-state index in [-0.39, 0.29) is 0 Å². The number of aromatic nitrogens is 1. The zero-order chi connectivity index (χ0) is 12.0. The summed E-state index contributed by atoms with van der Waals surface area (Å²) in [5.41, 5.74) is 10.6. The topological polar surface area (TPSA) is 30.9 Å². The van der Waals surface area contributed by atoms with Gasteiger partial charge in [-0.1, -0.05) is 11.6 Å². The number of hydrogen-bond acceptors (Lipinski definition) is 1. The lowest BCUT2D eigenvalue weighted by molar-refractivity contribution is 0.827. The molecule has 1 aromatic heterocycles. The number of nitrogens with zero attached hydrogens (tertiary/aromatic N) is 1. The first-order valence-corrected chi connectivity index (χ1v) is 5.99. The third-order valence-corrected chi connectivity index (χ3v) is 3.36. The minimum absolute atomic E-state index is 0.828. The van der Waals surface area contributed by atoms with E-state index in [1.807, 2.05) is 6.07 Å². The van der Waals surface area contributed by atoms with E-state index >= 15 is 0 Å². The summed E-state index contributed by atoms with van der Waals surface area (Å²) in [5, 5.41) is 2.56. The van der Waals surface area contributed by atoms with E-state index in [4.69, 9.17) is 5.73 Å². The van der Waals surface area contributed by atoms with E-state index in [9.17, 15) is 0 Å². The Balaban J connectivity index is 2.57. The van der Waals surface area contributed by atoms with Crippen LogP contribution in [0.5, 0.6) is 0 Å². The van der Waals surface area contributed by atoms with Crippen LogP contribution in [0, 0.1) is 6.92 Å². The fourth-order valence-corrected chi connectivity index (χ4v) is 2.58. The molecule has 0 bridgehead atoms. The molecule has 0 aliphatic heterocycles. The van der Waals surface area contributed by atoms with Gasteiger partial charge in [0.05, 0.1) is 0 Å². The van der Waals surface area contributed by atoms with Crippen LogP contribution in [0.2, 0.25) is 0 Å². The van der Waals surface area contributed by atoms with Crippen LogP contribution in [-0.4, -0.2) is 4.57 Å². The fourth-order valence-electron chi connectivity index (χ4n) is 2.58. The SMILES string of the molecule is CCn1c2ccc(C)cc2c2cc(N)ccc21. The average molecular weight is 224 g/mol. The third kappa shape index (κ3) is 1.41. The third-order valence-electron chi connectivity index (χ3n) is 3.36. The molecule has 2 aromatic carbocycles. The number of nitrogens with two attached hydrogens (primary N) is 1. The summed E-state index contributed by atoms with van der Waals surface area (Å²) in [4.78, 5) is 0. The number of hydrogen-bond donors (Lipinski definition) is 1. The molecule has 2 N–H and O–H groups in total. The molecule has 0 aliphatic carbocycles. The normalized spacial score (nSPS) is 11.4. The van der Waals surface area contributed by atoms with Crippen molar-refractivity contribution in [2.45, 2.75) is 20.4 Å².